The summed E-state index contributed by atoms with van der Waals surface area (Å²) in [5, 5.41) is 12.4. The van der Waals surface area contributed by atoms with Gasteiger partial charge >= 0.3 is 0 Å². The van der Waals surface area contributed by atoms with Crippen molar-refractivity contribution in [2.75, 3.05) is 0 Å². The standard InChI is InChI=1S/C18H20N2/c1-3-16-6-4-5-7-18(16)13-20-12-17-9-8-15(11-19)10-14(17)2/h4-10,20H,3,12-13H2,1-2H3. The van der Waals surface area contributed by atoms with Crippen LogP contribution in [0.5, 0.6) is 0 Å². The molecule has 0 bridgehead atoms. The Morgan fingerprint density at radius 1 is 1.00 bits per heavy atom. The molecule has 1 N–H and O–H groups in total. The van der Waals surface area contributed by atoms with Crippen LogP contribution in [0.2, 0.25) is 0 Å². The van der Waals surface area contributed by atoms with Gasteiger partial charge in [-0.3, -0.25) is 0 Å². The van der Waals surface area contributed by atoms with Crippen LogP contribution in [0.15, 0.2) is 42.5 Å². The van der Waals surface area contributed by atoms with E-state index in [1.165, 1.54) is 22.3 Å². The van der Waals surface area contributed by atoms with E-state index >= 15 is 0 Å². The van der Waals surface area contributed by atoms with Gasteiger partial charge in [0.1, 0.15) is 0 Å². The van der Waals surface area contributed by atoms with Gasteiger partial charge in [0.05, 0.1) is 11.6 Å². The molecule has 102 valence electrons. The van der Waals surface area contributed by atoms with Crippen LogP contribution in [-0.4, -0.2) is 0 Å². The zero-order valence-corrected chi connectivity index (χ0v) is 12.1. The molecule has 0 unspecified atom stereocenters. The van der Waals surface area contributed by atoms with Crippen LogP contribution in [0, 0.1) is 18.3 Å². The van der Waals surface area contributed by atoms with Gasteiger partial charge in [-0.25, -0.2) is 0 Å². The van der Waals surface area contributed by atoms with Crippen LogP contribution in [0.3, 0.4) is 0 Å². The Balaban J connectivity index is 1.98. The molecule has 2 aromatic rings. The Labute approximate surface area is 121 Å². The average molecular weight is 264 g/mol. The van der Waals surface area contributed by atoms with E-state index in [1.54, 1.807) is 0 Å². The fourth-order valence-electron chi connectivity index (χ4n) is 2.37. The highest BCUT2D eigenvalue weighted by Crippen LogP contribution is 2.12. The highest BCUT2D eigenvalue weighted by molar-refractivity contribution is 5.37. The van der Waals surface area contributed by atoms with Gasteiger partial charge in [-0.05, 0) is 47.7 Å². The number of hydrogen-bond acceptors (Lipinski definition) is 2. The fraction of sp³-hybridized carbons (Fsp3) is 0.278. The quantitative estimate of drug-likeness (QED) is 0.893. The summed E-state index contributed by atoms with van der Waals surface area (Å²) in [6, 6.07) is 16.6. The summed E-state index contributed by atoms with van der Waals surface area (Å²) in [5.41, 5.74) is 5.90. The molecule has 0 amide bonds. The summed E-state index contributed by atoms with van der Waals surface area (Å²) in [7, 11) is 0. The third kappa shape index (κ3) is 3.46. The molecule has 0 radical (unpaired) electrons. The summed E-state index contributed by atoms with van der Waals surface area (Å²) in [4.78, 5) is 0. The Bertz CT molecular complexity index is 624. The lowest BCUT2D eigenvalue weighted by Gasteiger charge is -2.11. The second-order valence-corrected chi connectivity index (χ2v) is 4.98. The predicted octanol–water partition coefficient (Wildman–Crippen LogP) is 3.72. The predicted molar refractivity (Wildman–Crippen MR) is 82.3 cm³/mol. The smallest absolute Gasteiger partial charge is 0.0991 e. The van der Waals surface area contributed by atoms with E-state index in [0.717, 1.165) is 25.1 Å². The van der Waals surface area contributed by atoms with Crippen molar-refractivity contribution in [3.05, 3.63) is 70.3 Å². The van der Waals surface area contributed by atoms with Crippen LogP contribution in [0.1, 0.15) is 34.7 Å². The van der Waals surface area contributed by atoms with Crippen LogP contribution in [0.4, 0.5) is 0 Å². The van der Waals surface area contributed by atoms with Gasteiger partial charge in [0.15, 0.2) is 0 Å². The van der Waals surface area contributed by atoms with E-state index in [2.05, 4.69) is 49.5 Å². The lowest BCUT2D eigenvalue weighted by atomic mass is 10.0. The molecule has 0 saturated heterocycles. The maximum atomic E-state index is 8.87. The number of nitrogens with one attached hydrogen (secondary N) is 1. The molecule has 0 atom stereocenters. The highest BCUT2D eigenvalue weighted by atomic mass is 14.8. The SMILES string of the molecule is CCc1ccccc1CNCc1ccc(C#N)cc1C. The Morgan fingerprint density at radius 2 is 1.70 bits per heavy atom. The van der Waals surface area contributed by atoms with Crippen molar-refractivity contribution >= 4 is 0 Å². The Morgan fingerprint density at radius 3 is 2.35 bits per heavy atom. The monoisotopic (exact) mass is 264 g/mol. The topological polar surface area (TPSA) is 35.8 Å². The van der Waals surface area contributed by atoms with Crippen LogP contribution >= 0.6 is 0 Å². The number of nitrogens with zero attached hydrogens (tertiary/aromatic N) is 1. The van der Waals surface area contributed by atoms with E-state index in [1.807, 2.05) is 18.2 Å². The first-order valence-corrected chi connectivity index (χ1v) is 7.01. The highest BCUT2D eigenvalue weighted by Gasteiger charge is 2.02. The molecule has 0 aliphatic rings. The molecule has 2 heteroatoms. The minimum atomic E-state index is 0.725. The largest absolute Gasteiger partial charge is 0.309 e. The fourth-order valence-corrected chi connectivity index (χ4v) is 2.37. The summed E-state index contributed by atoms with van der Waals surface area (Å²) < 4.78 is 0. The number of rotatable bonds is 5. The van der Waals surface area contributed by atoms with Gasteiger partial charge in [0.2, 0.25) is 0 Å². The molecular formula is C18H20N2. The first-order valence-electron chi connectivity index (χ1n) is 7.01. The molecule has 2 aromatic carbocycles. The molecule has 0 aliphatic heterocycles. The summed E-state index contributed by atoms with van der Waals surface area (Å²) in [6.07, 6.45) is 1.06. The van der Waals surface area contributed by atoms with Gasteiger partial charge in [0.25, 0.3) is 0 Å². The third-order valence-electron chi connectivity index (χ3n) is 3.60. The van der Waals surface area contributed by atoms with Crippen molar-refractivity contribution in [1.29, 1.82) is 5.26 Å². The molecular weight excluding hydrogens is 244 g/mol. The van der Waals surface area contributed by atoms with Crippen LogP contribution in [0.25, 0.3) is 0 Å². The molecule has 20 heavy (non-hydrogen) atoms. The summed E-state index contributed by atoms with van der Waals surface area (Å²) in [5.74, 6) is 0. The third-order valence-corrected chi connectivity index (χ3v) is 3.60. The van der Waals surface area contributed by atoms with Crippen molar-refractivity contribution in [2.24, 2.45) is 0 Å². The van der Waals surface area contributed by atoms with Crippen molar-refractivity contribution in [1.82, 2.24) is 5.32 Å². The molecule has 0 heterocycles. The zero-order valence-electron chi connectivity index (χ0n) is 12.1. The minimum absolute atomic E-state index is 0.725. The maximum absolute atomic E-state index is 8.87. The average Bonchev–Trinajstić information content (AvgIpc) is 2.49. The van der Waals surface area contributed by atoms with Crippen molar-refractivity contribution in [3.8, 4) is 6.07 Å². The number of hydrogen-bond donors (Lipinski definition) is 1. The lowest BCUT2D eigenvalue weighted by molar-refractivity contribution is 0.686. The first-order chi connectivity index (χ1) is 9.74. The van der Waals surface area contributed by atoms with Gasteiger partial charge in [0, 0.05) is 13.1 Å². The van der Waals surface area contributed by atoms with Crippen LogP contribution < -0.4 is 5.32 Å². The van der Waals surface area contributed by atoms with E-state index in [9.17, 15) is 0 Å². The van der Waals surface area contributed by atoms with Crippen LogP contribution in [-0.2, 0) is 19.5 Å². The second-order valence-electron chi connectivity index (χ2n) is 4.98. The minimum Gasteiger partial charge on any atom is -0.309 e. The maximum Gasteiger partial charge on any atom is 0.0991 e. The molecule has 0 fully saturated rings. The second kappa shape index (κ2) is 6.88. The van der Waals surface area contributed by atoms with Crippen molar-refractivity contribution in [3.63, 3.8) is 0 Å². The van der Waals surface area contributed by atoms with E-state index < -0.39 is 0 Å². The van der Waals surface area contributed by atoms with E-state index in [4.69, 9.17) is 5.26 Å². The van der Waals surface area contributed by atoms with Crippen molar-refractivity contribution in [2.45, 2.75) is 33.4 Å². The molecule has 0 aliphatic carbocycles. The number of nitriles is 1. The molecule has 0 spiro atoms. The van der Waals surface area contributed by atoms with Gasteiger partial charge in [-0.2, -0.15) is 5.26 Å². The van der Waals surface area contributed by atoms with E-state index in [0.29, 0.717) is 0 Å². The number of benzene rings is 2. The normalized spacial score (nSPS) is 10.2. The molecule has 0 aromatic heterocycles. The van der Waals surface area contributed by atoms with Crippen molar-refractivity contribution < 1.29 is 0 Å². The summed E-state index contributed by atoms with van der Waals surface area (Å²) >= 11 is 0. The molecule has 2 nitrogen and oxygen atoms in total. The van der Waals surface area contributed by atoms with Gasteiger partial charge < -0.3 is 5.32 Å². The Hall–Kier alpha value is -2.11. The lowest BCUT2D eigenvalue weighted by Crippen LogP contribution is -2.14. The van der Waals surface area contributed by atoms with Gasteiger partial charge in [-0.1, -0.05) is 37.3 Å². The molecule has 2 rings (SSSR count). The van der Waals surface area contributed by atoms with E-state index in [-0.39, 0.29) is 0 Å². The first kappa shape index (κ1) is 14.3. The zero-order chi connectivity index (χ0) is 14.4. The number of aryl methyl sites for hydroxylation is 2. The van der Waals surface area contributed by atoms with Gasteiger partial charge in [-0.15, -0.1) is 0 Å². The summed E-state index contributed by atoms with van der Waals surface area (Å²) in [6.45, 7) is 5.94. The Kier molecular flexibility index (Phi) is 4.92. The molecule has 0 saturated carbocycles.